The molecule has 0 fully saturated rings. The highest BCUT2D eigenvalue weighted by Gasteiger charge is 2.15. The Hall–Kier alpha value is -4.39. The van der Waals surface area contributed by atoms with E-state index in [0.29, 0.717) is 44.4 Å². The molecule has 3 rings (SSSR count). The van der Waals surface area contributed by atoms with Crippen LogP contribution < -0.4 is 30.3 Å². The van der Waals surface area contributed by atoms with Crippen LogP contribution in [-0.2, 0) is 14.4 Å². The van der Waals surface area contributed by atoms with Crippen molar-refractivity contribution in [2.45, 2.75) is 6.92 Å². The summed E-state index contributed by atoms with van der Waals surface area (Å²) in [6.45, 7) is 5.62. The number of halogens is 1. The standard InChI is InChI=1S/C28H27IN4O6/c1-4-13-38-21-11-9-20(10-12-21)31-27(35)28(36)33-30-16-19-14-22(29)26(24(15-19)37-3)39-17-25(34)32-23-8-6-5-7-18(23)2/h4-12,14-16H,1,13,17H2,2-3H3,(H,31,35)(H,32,34)(H,33,36)/b30-16-. The number of ether oxygens (including phenoxy) is 3. The van der Waals surface area contributed by atoms with Gasteiger partial charge in [0.15, 0.2) is 18.1 Å². The van der Waals surface area contributed by atoms with Crippen molar-refractivity contribution in [3.63, 3.8) is 0 Å². The molecule has 0 aliphatic heterocycles. The van der Waals surface area contributed by atoms with Crippen LogP contribution in [0.5, 0.6) is 17.2 Å². The molecule has 0 aliphatic carbocycles. The van der Waals surface area contributed by atoms with Gasteiger partial charge in [0.2, 0.25) is 0 Å². The van der Waals surface area contributed by atoms with E-state index < -0.39 is 11.8 Å². The van der Waals surface area contributed by atoms with Crippen LogP contribution in [0.25, 0.3) is 0 Å². The van der Waals surface area contributed by atoms with Gasteiger partial charge < -0.3 is 24.8 Å². The Morgan fingerprint density at radius 1 is 1.00 bits per heavy atom. The third-order valence-corrected chi connectivity index (χ3v) is 5.89. The number of hydrazone groups is 1. The molecule has 0 spiro atoms. The van der Waals surface area contributed by atoms with Crippen LogP contribution in [0.1, 0.15) is 11.1 Å². The molecular formula is C28H27IN4O6. The molecule has 39 heavy (non-hydrogen) atoms. The van der Waals surface area contributed by atoms with Crippen molar-refractivity contribution in [1.29, 1.82) is 0 Å². The first-order valence-electron chi connectivity index (χ1n) is 11.6. The number of hydrogen-bond acceptors (Lipinski definition) is 7. The summed E-state index contributed by atoms with van der Waals surface area (Å²) < 4.78 is 17.2. The monoisotopic (exact) mass is 642 g/mol. The second kappa shape index (κ2) is 14.5. The van der Waals surface area contributed by atoms with Gasteiger partial charge in [-0.05, 0) is 83.1 Å². The summed E-state index contributed by atoms with van der Waals surface area (Å²) in [7, 11) is 1.47. The van der Waals surface area contributed by atoms with Gasteiger partial charge in [-0.15, -0.1) is 0 Å². The third kappa shape index (κ3) is 8.85. The Kier molecular flexibility index (Phi) is 10.9. The zero-order valence-corrected chi connectivity index (χ0v) is 23.5. The minimum absolute atomic E-state index is 0.218. The van der Waals surface area contributed by atoms with Gasteiger partial charge in [-0.2, -0.15) is 5.10 Å². The molecule has 0 heterocycles. The maximum absolute atomic E-state index is 12.4. The van der Waals surface area contributed by atoms with Gasteiger partial charge in [0.1, 0.15) is 12.4 Å². The van der Waals surface area contributed by atoms with Crippen LogP contribution in [0.4, 0.5) is 11.4 Å². The average Bonchev–Trinajstić information content (AvgIpc) is 2.93. The first kappa shape index (κ1) is 29.2. The van der Waals surface area contributed by atoms with Crippen LogP contribution >= 0.6 is 22.6 Å². The molecule has 11 heteroatoms. The lowest BCUT2D eigenvalue weighted by atomic mass is 10.2. The number of rotatable bonds is 11. The zero-order valence-electron chi connectivity index (χ0n) is 21.3. The van der Waals surface area contributed by atoms with E-state index in [2.05, 4.69) is 27.7 Å². The molecule has 0 atom stereocenters. The van der Waals surface area contributed by atoms with E-state index in [9.17, 15) is 14.4 Å². The van der Waals surface area contributed by atoms with E-state index in [1.165, 1.54) is 13.3 Å². The largest absolute Gasteiger partial charge is 0.493 e. The predicted molar refractivity (Wildman–Crippen MR) is 158 cm³/mol. The van der Waals surface area contributed by atoms with Crippen molar-refractivity contribution < 1.29 is 28.6 Å². The number of benzene rings is 3. The SMILES string of the molecule is C=CCOc1ccc(NC(=O)C(=O)N/N=C\c2cc(I)c(OCC(=O)Nc3ccccc3C)c(OC)c2)cc1. The molecule has 0 saturated heterocycles. The van der Waals surface area contributed by atoms with Crippen LogP contribution in [0, 0.1) is 10.5 Å². The number of carbonyl (C=O) groups excluding carboxylic acids is 3. The van der Waals surface area contributed by atoms with Crippen molar-refractivity contribution in [2.75, 3.05) is 31.0 Å². The van der Waals surface area contributed by atoms with E-state index in [-0.39, 0.29) is 12.5 Å². The van der Waals surface area contributed by atoms with E-state index in [4.69, 9.17) is 14.2 Å². The van der Waals surface area contributed by atoms with E-state index in [1.807, 2.05) is 53.8 Å². The highest BCUT2D eigenvalue weighted by molar-refractivity contribution is 14.1. The summed E-state index contributed by atoms with van der Waals surface area (Å²) >= 11 is 2.04. The van der Waals surface area contributed by atoms with Crippen LogP contribution in [0.2, 0.25) is 0 Å². The van der Waals surface area contributed by atoms with Gasteiger partial charge in [-0.1, -0.05) is 30.9 Å². The molecular weight excluding hydrogens is 615 g/mol. The lowest BCUT2D eigenvalue weighted by Crippen LogP contribution is -2.32. The fourth-order valence-corrected chi connectivity index (χ4v) is 3.97. The van der Waals surface area contributed by atoms with Crippen molar-refractivity contribution in [1.82, 2.24) is 5.43 Å². The van der Waals surface area contributed by atoms with Gasteiger partial charge in [0, 0.05) is 11.4 Å². The molecule has 3 N–H and O–H groups in total. The molecule has 3 aromatic rings. The second-order valence-corrected chi connectivity index (χ2v) is 9.13. The summed E-state index contributed by atoms with van der Waals surface area (Å²) in [5.41, 5.74) is 4.83. The zero-order chi connectivity index (χ0) is 28.2. The molecule has 0 saturated carbocycles. The molecule has 3 amide bonds. The first-order valence-corrected chi connectivity index (χ1v) is 12.7. The first-order chi connectivity index (χ1) is 18.8. The maximum atomic E-state index is 12.4. The average molecular weight is 642 g/mol. The minimum Gasteiger partial charge on any atom is -0.493 e. The van der Waals surface area contributed by atoms with E-state index >= 15 is 0 Å². The van der Waals surface area contributed by atoms with Crippen molar-refractivity contribution in [2.24, 2.45) is 5.10 Å². The number of methoxy groups -OCH3 is 1. The van der Waals surface area contributed by atoms with Crippen molar-refractivity contribution >= 4 is 57.9 Å². The van der Waals surface area contributed by atoms with Gasteiger partial charge in [-0.25, -0.2) is 5.43 Å². The summed E-state index contributed by atoms with van der Waals surface area (Å²) in [5.74, 6) is -0.776. The predicted octanol–water partition coefficient (Wildman–Crippen LogP) is 4.28. The highest BCUT2D eigenvalue weighted by Crippen LogP contribution is 2.33. The highest BCUT2D eigenvalue weighted by atomic mass is 127. The number of nitrogens with zero attached hydrogens (tertiary/aromatic N) is 1. The lowest BCUT2D eigenvalue weighted by Gasteiger charge is -2.14. The molecule has 0 aliphatic rings. The van der Waals surface area contributed by atoms with Crippen LogP contribution in [-0.4, -0.2) is 44.3 Å². The molecule has 0 bridgehead atoms. The topological polar surface area (TPSA) is 127 Å². The van der Waals surface area contributed by atoms with E-state index in [0.717, 1.165) is 5.56 Å². The number of nitrogens with one attached hydrogen (secondary N) is 3. The number of aryl methyl sites for hydroxylation is 1. The maximum Gasteiger partial charge on any atom is 0.329 e. The van der Waals surface area contributed by atoms with E-state index in [1.54, 1.807) is 42.5 Å². The van der Waals surface area contributed by atoms with Gasteiger partial charge in [0.25, 0.3) is 5.91 Å². The normalized spacial score (nSPS) is 10.4. The van der Waals surface area contributed by atoms with Gasteiger partial charge in [-0.3, -0.25) is 14.4 Å². The molecule has 0 radical (unpaired) electrons. The smallest absolute Gasteiger partial charge is 0.329 e. The molecule has 10 nitrogen and oxygen atoms in total. The third-order valence-electron chi connectivity index (χ3n) is 5.08. The summed E-state index contributed by atoms with van der Waals surface area (Å²) in [6, 6.07) is 17.3. The number of amides is 3. The fourth-order valence-electron chi connectivity index (χ4n) is 3.19. The van der Waals surface area contributed by atoms with Crippen LogP contribution in [0.15, 0.2) is 78.4 Å². The van der Waals surface area contributed by atoms with Crippen molar-refractivity contribution in [3.8, 4) is 17.2 Å². The Morgan fingerprint density at radius 3 is 2.44 bits per heavy atom. The number of carbonyl (C=O) groups is 3. The summed E-state index contributed by atoms with van der Waals surface area (Å²) in [6.07, 6.45) is 2.98. The van der Waals surface area contributed by atoms with Crippen molar-refractivity contribution in [3.05, 3.63) is 88.0 Å². The molecule has 0 aromatic heterocycles. The number of para-hydroxylation sites is 1. The summed E-state index contributed by atoms with van der Waals surface area (Å²) in [5, 5.41) is 9.14. The van der Waals surface area contributed by atoms with Crippen LogP contribution in [0.3, 0.4) is 0 Å². The lowest BCUT2D eigenvalue weighted by molar-refractivity contribution is -0.136. The quantitative estimate of drug-likeness (QED) is 0.0943. The molecule has 202 valence electrons. The number of hydrogen-bond donors (Lipinski definition) is 3. The Morgan fingerprint density at radius 2 is 1.74 bits per heavy atom. The molecule has 3 aromatic carbocycles. The van der Waals surface area contributed by atoms with Gasteiger partial charge in [0.05, 0.1) is 16.9 Å². The fraction of sp³-hybridized carbons (Fsp3) is 0.143. The second-order valence-electron chi connectivity index (χ2n) is 7.96. The van der Waals surface area contributed by atoms with Gasteiger partial charge >= 0.3 is 11.8 Å². The minimum atomic E-state index is -0.945. The Bertz CT molecular complexity index is 1370. The molecule has 0 unspecified atom stereocenters. The Balaban J connectivity index is 1.55. The number of anilines is 2. The Labute approximate surface area is 239 Å². The summed E-state index contributed by atoms with van der Waals surface area (Å²) in [4.78, 5) is 36.7.